The average Bonchev–Trinajstić information content (AvgIpc) is 3.32. The van der Waals surface area contributed by atoms with Crippen LogP contribution in [0.4, 0.5) is 0 Å². The van der Waals surface area contributed by atoms with Crippen molar-refractivity contribution in [1.82, 2.24) is 29.3 Å². The maximum Gasteiger partial charge on any atom is 0.122 e. The number of allylic oxidation sites excluding steroid dienone is 1. The van der Waals surface area contributed by atoms with Gasteiger partial charge in [-0.2, -0.15) is 0 Å². The molecule has 0 atom stereocenters. The number of aromatic amines is 1. The number of rotatable bonds is 5. The number of aromatic nitrogens is 4. The minimum absolute atomic E-state index is 0.0796. The van der Waals surface area contributed by atoms with Crippen molar-refractivity contribution < 1.29 is 0 Å². The molecule has 0 saturated carbocycles. The van der Waals surface area contributed by atoms with E-state index in [9.17, 15) is 0 Å². The van der Waals surface area contributed by atoms with E-state index in [0.717, 1.165) is 58.5 Å². The zero-order valence-electron chi connectivity index (χ0n) is 16.9. The molecule has 0 radical (unpaired) electrons. The molecule has 0 aliphatic carbocycles. The summed E-state index contributed by atoms with van der Waals surface area (Å²) in [7, 11) is 0. The van der Waals surface area contributed by atoms with Gasteiger partial charge in [-0.1, -0.05) is 11.6 Å². The lowest BCUT2D eigenvalue weighted by Crippen LogP contribution is -2.56. The summed E-state index contributed by atoms with van der Waals surface area (Å²) in [5, 5.41) is 0. The molecular weight excluding hydrogens is 336 g/mol. The molecule has 2 aliphatic heterocycles. The fraction of sp³-hybridized carbons (Fsp3) is 0.619. The molecule has 1 fully saturated rings. The van der Waals surface area contributed by atoms with E-state index >= 15 is 0 Å². The van der Waals surface area contributed by atoms with Crippen LogP contribution in [0.3, 0.4) is 0 Å². The first-order valence-electron chi connectivity index (χ1n) is 10.3. The Kier molecular flexibility index (Phi) is 5.19. The molecule has 1 spiro atoms. The monoisotopic (exact) mass is 368 g/mol. The first-order chi connectivity index (χ1) is 13.1. The van der Waals surface area contributed by atoms with Crippen LogP contribution in [0.25, 0.3) is 0 Å². The number of nitrogens with one attached hydrogen (secondary N) is 1. The zero-order valence-corrected chi connectivity index (χ0v) is 16.9. The Labute approximate surface area is 162 Å². The fourth-order valence-electron chi connectivity index (χ4n) is 4.70. The molecule has 2 aromatic heterocycles. The number of hydrogen-bond donors (Lipinski definition) is 1. The van der Waals surface area contributed by atoms with Crippen LogP contribution in [0.2, 0.25) is 0 Å². The number of hydrogen-bond acceptors (Lipinski definition) is 4. The highest BCUT2D eigenvalue weighted by Gasteiger charge is 2.46. The summed E-state index contributed by atoms with van der Waals surface area (Å²) in [6, 6.07) is 0. The standard InChI is InChI=1S/C21H32N6/c1-4-26-14-9-22-19(26)15-25-12-7-21(8-13-25)20-18(23-16-24-20)6-11-27(21)10-5-17(2)3/h5,9,14,16H,4,6-8,10-13,15H2,1-3H3,(H,23,24). The van der Waals surface area contributed by atoms with Gasteiger partial charge in [0.05, 0.1) is 24.1 Å². The van der Waals surface area contributed by atoms with Gasteiger partial charge in [0.2, 0.25) is 0 Å². The predicted octanol–water partition coefficient (Wildman–Crippen LogP) is 2.94. The summed E-state index contributed by atoms with van der Waals surface area (Å²) in [5.41, 5.74) is 4.11. The third kappa shape index (κ3) is 3.48. The van der Waals surface area contributed by atoms with Crippen molar-refractivity contribution in [3.8, 4) is 0 Å². The first kappa shape index (κ1) is 18.4. The lowest BCUT2D eigenvalue weighted by atomic mass is 9.78. The van der Waals surface area contributed by atoms with E-state index in [-0.39, 0.29) is 5.54 Å². The summed E-state index contributed by atoms with van der Waals surface area (Å²) in [4.78, 5) is 18.0. The van der Waals surface area contributed by atoms with Gasteiger partial charge in [0.1, 0.15) is 5.82 Å². The van der Waals surface area contributed by atoms with Gasteiger partial charge in [0.15, 0.2) is 0 Å². The Morgan fingerprint density at radius 2 is 2.04 bits per heavy atom. The van der Waals surface area contributed by atoms with Crippen LogP contribution in [-0.2, 0) is 25.0 Å². The van der Waals surface area contributed by atoms with Gasteiger partial charge in [-0.25, -0.2) is 9.97 Å². The number of nitrogens with zero attached hydrogens (tertiary/aromatic N) is 5. The third-order valence-corrected chi connectivity index (χ3v) is 6.31. The summed E-state index contributed by atoms with van der Waals surface area (Å²) >= 11 is 0. The van der Waals surface area contributed by atoms with Crippen molar-refractivity contribution in [2.24, 2.45) is 0 Å². The number of H-pyrrole nitrogens is 1. The second-order valence-corrected chi connectivity index (χ2v) is 8.14. The van der Waals surface area contributed by atoms with Crippen LogP contribution >= 0.6 is 0 Å². The van der Waals surface area contributed by atoms with E-state index in [0.29, 0.717) is 0 Å². The predicted molar refractivity (Wildman–Crippen MR) is 107 cm³/mol. The summed E-state index contributed by atoms with van der Waals surface area (Å²) in [6.45, 7) is 12.8. The van der Waals surface area contributed by atoms with Crippen LogP contribution in [0.1, 0.15) is 50.8 Å². The molecule has 4 heterocycles. The molecule has 0 aromatic carbocycles. The minimum atomic E-state index is 0.0796. The highest BCUT2D eigenvalue weighted by Crippen LogP contribution is 2.42. The second kappa shape index (κ2) is 7.60. The van der Waals surface area contributed by atoms with Gasteiger partial charge in [-0.05, 0) is 33.6 Å². The molecule has 2 aromatic rings. The molecule has 6 nitrogen and oxygen atoms in total. The minimum Gasteiger partial charge on any atom is -0.348 e. The van der Waals surface area contributed by atoms with Crippen LogP contribution < -0.4 is 0 Å². The Balaban J connectivity index is 1.52. The Morgan fingerprint density at radius 3 is 2.78 bits per heavy atom. The molecule has 6 heteroatoms. The van der Waals surface area contributed by atoms with Crippen molar-refractivity contribution >= 4 is 0 Å². The molecule has 1 N–H and O–H groups in total. The van der Waals surface area contributed by atoms with Crippen LogP contribution in [-0.4, -0.2) is 55.5 Å². The lowest BCUT2D eigenvalue weighted by molar-refractivity contribution is 0.0105. The topological polar surface area (TPSA) is 53.0 Å². The lowest BCUT2D eigenvalue weighted by Gasteiger charge is -2.50. The maximum absolute atomic E-state index is 4.79. The normalized spacial score (nSPS) is 20.0. The van der Waals surface area contributed by atoms with Gasteiger partial charge in [-0.15, -0.1) is 0 Å². The second-order valence-electron chi connectivity index (χ2n) is 8.14. The number of likely N-dealkylation sites (tertiary alicyclic amines) is 1. The molecule has 0 bridgehead atoms. The van der Waals surface area contributed by atoms with Gasteiger partial charge in [0.25, 0.3) is 0 Å². The summed E-state index contributed by atoms with van der Waals surface area (Å²) in [6.07, 6.45) is 11.6. The van der Waals surface area contributed by atoms with E-state index in [1.807, 2.05) is 12.5 Å². The van der Waals surface area contributed by atoms with Gasteiger partial charge in [0, 0.05) is 57.2 Å². The van der Waals surface area contributed by atoms with E-state index in [4.69, 9.17) is 4.98 Å². The summed E-state index contributed by atoms with van der Waals surface area (Å²) < 4.78 is 2.25. The Morgan fingerprint density at radius 1 is 1.22 bits per heavy atom. The zero-order chi connectivity index (χ0) is 18.9. The van der Waals surface area contributed by atoms with Gasteiger partial charge in [-0.3, -0.25) is 9.80 Å². The Hall–Kier alpha value is -1.92. The Bertz CT molecular complexity index is 789. The van der Waals surface area contributed by atoms with Crippen molar-refractivity contribution in [1.29, 1.82) is 0 Å². The van der Waals surface area contributed by atoms with Crippen molar-refractivity contribution in [2.45, 2.75) is 58.7 Å². The molecule has 2 aliphatic rings. The quantitative estimate of drug-likeness (QED) is 0.825. The molecule has 4 rings (SSSR count). The van der Waals surface area contributed by atoms with Crippen molar-refractivity contribution in [2.75, 3.05) is 26.2 Å². The smallest absolute Gasteiger partial charge is 0.122 e. The van der Waals surface area contributed by atoms with E-state index in [1.165, 1.54) is 22.8 Å². The highest BCUT2D eigenvalue weighted by atomic mass is 15.3. The average molecular weight is 369 g/mol. The first-order valence-corrected chi connectivity index (χ1v) is 10.3. The molecule has 0 amide bonds. The molecule has 1 saturated heterocycles. The van der Waals surface area contributed by atoms with Gasteiger partial charge >= 0.3 is 0 Å². The highest BCUT2D eigenvalue weighted by molar-refractivity contribution is 5.27. The number of aryl methyl sites for hydroxylation is 1. The van der Waals surface area contributed by atoms with Crippen LogP contribution in [0.5, 0.6) is 0 Å². The summed E-state index contributed by atoms with van der Waals surface area (Å²) in [5.74, 6) is 1.18. The van der Waals surface area contributed by atoms with E-state index in [2.05, 4.69) is 57.4 Å². The molecule has 0 unspecified atom stereocenters. The number of fused-ring (bicyclic) bond motifs is 2. The van der Waals surface area contributed by atoms with E-state index < -0.39 is 0 Å². The van der Waals surface area contributed by atoms with Crippen molar-refractivity contribution in [3.63, 3.8) is 0 Å². The molecule has 27 heavy (non-hydrogen) atoms. The van der Waals surface area contributed by atoms with Crippen molar-refractivity contribution in [3.05, 3.63) is 47.6 Å². The third-order valence-electron chi connectivity index (χ3n) is 6.31. The fourth-order valence-corrected chi connectivity index (χ4v) is 4.70. The maximum atomic E-state index is 4.79. The van der Waals surface area contributed by atoms with Gasteiger partial charge < -0.3 is 9.55 Å². The number of imidazole rings is 2. The van der Waals surface area contributed by atoms with Crippen LogP contribution in [0, 0.1) is 0 Å². The number of piperidine rings is 1. The molecular formula is C21H32N6. The molecule has 146 valence electrons. The SMILES string of the molecule is CCn1ccnc1CN1CCC2(CC1)c1nc[nH]c1CCN2CC=C(C)C. The largest absolute Gasteiger partial charge is 0.348 e. The van der Waals surface area contributed by atoms with Crippen LogP contribution in [0.15, 0.2) is 30.4 Å². The van der Waals surface area contributed by atoms with E-state index in [1.54, 1.807) is 0 Å².